The molecule has 3 aromatic rings. The average molecular weight is 386 g/mol. The van der Waals surface area contributed by atoms with Crippen molar-refractivity contribution < 1.29 is 14.3 Å². The van der Waals surface area contributed by atoms with Crippen LogP contribution in [0.5, 0.6) is 5.75 Å². The minimum atomic E-state index is -0.230. The lowest BCUT2D eigenvalue weighted by Gasteiger charge is -2.12. The van der Waals surface area contributed by atoms with Gasteiger partial charge in [-0.1, -0.05) is 24.3 Å². The summed E-state index contributed by atoms with van der Waals surface area (Å²) in [6.45, 7) is 3.83. The van der Waals surface area contributed by atoms with Gasteiger partial charge in [0.25, 0.3) is 5.91 Å². The number of benzene rings is 2. The molecule has 0 radical (unpaired) electrons. The Labute approximate surface area is 148 Å². The van der Waals surface area contributed by atoms with E-state index < -0.39 is 0 Å². The fourth-order valence-corrected chi connectivity index (χ4v) is 3.58. The Morgan fingerprint density at radius 3 is 2.71 bits per heavy atom. The molecule has 0 fully saturated rings. The van der Waals surface area contributed by atoms with Gasteiger partial charge in [-0.25, -0.2) is 0 Å². The van der Waals surface area contributed by atoms with Gasteiger partial charge in [0.05, 0.1) is 9.99 Å². The summed E-state index contributed by atoms with van der Waals surface area (Å²) in [6, 6.07) is 11.3. The maximum Gasteiger partial charge on any atom is 0.269 e. The van der Waals surface area contributed by atoms with Crippen molar-refractivity contribution in [2.45, 2.75) is 13.8 Å². The molecular formula is C19H16BrNO3. The largest absolute Gasteiger partial charge is 0.482 e. The Balaban J connectivity index is 1.88. The van der Waals surface area contributed by atoms with Gasteiger partial charge in [-0.2, -0.15) is 0 Å². The van der Waals surface area contributed by atoms with E-state index in [9.17, 15) is 9.59 Å². The lowest BCUT2D eigenvalue weighted by molar-refractivity contribution is 0.0842. The summed E-state index contributed by atoms with van der Waals surface area (Å²) in [6.07, 6.45) is 2.31. The van der Waals surface area contributed by atoms with Crippen molar-refractivity contribution in [1.29, 1.82) is 0 Å². The highest BCUT2D eigenvalue weighted by atomic mass is 79.9. The van der Waals surface area contributed by atoms with Gasteiger partial charge in [0.1, 0.15) is 5.75 Å². The highest BCUT2D eigenvalue weighted by Gasteiger charge is 2.15. The number of hydrogen-bond acceptors (Lipinski definition) is 3. The molecule has 0 aliphatic rings. The zero-order chi connectivity index (χ0) is 17.3. The van der Waals surface area contributed by atoms with Gasteiger partial charge >= 0.3 is 0 Å². The molecule has 1 heterocycles. The molecule has 122 valence electrons. The predicted octanol–water partition coefficient (Wildman–Crippen LogP) is 4.55. The second-order valence-corrected chi connectivity index (χ2v) is 6.52. The minimum absolute atomic E-state index is 0.112. The molecular weight excluding hydrogens is 370 g/mol. The number of halogens is 1. The van der Waals surface area contributed by atoms with Gasteiger partial charge < -0.3 is 4.74 Å². The van der Waals surface area contributed by atoms with E-state index in [1.807, 2.05) is 50.2 Å². The van der Waals surface area contributed by atoms with Crippen LogP contribution >= 0.6 is 15.9 Å². The van der Waals surface area contributed by atoms with Gasteiger partial charge in [0, 0.05) is 17.1 Å². The SMILES string of the molecule is Cc1cc(C)c(OCC(=O)n2cc(C=O)c3ccccc32)c(Br)c1. The molecule has 0 unspecified atom stereocenters. The molecule has 1 aromatic heterocycles. The van der Waals surface area contributed by atoms with E-state index in [2.05, 4.69) is 15.9 Å². The second kappa shape index (κ2) is 6.61. The molecule has 0 saturated carbocycles. The van der Waals surface area contributed by atoms with E-state index in [0.717, 1.165) is 27.3 Å². The van der Waals surface area contributed by atoms with Crippen LogP contribution in [0.15, 0.2) is 47.1 Å². The van der Waals surface area contributed by atoms with E-state index in [0.29, 0.717) is 16.8 Å². The predicted molar refractivity (Wildman–Crippen MR) is 97.1 cm³/mol. The molecule has 5 heteroatoms. The third-order valence-corrected chi connectivity index (χ3v) is 4.44. The summed E-state index contributed by atoms with van der Waals surface area (Å²) in [5, 5.41) is 0.758. The molecule has 0 bridgehead atoms. The quantitative estimate of drug-likeness (QED) is 0.618. The average Bonchev–Trinajstić information content (AvgIpc) is 2.92. The molecule has 0 aliphatic heterocycles. The highest BCUT2D eigenvalue weighted by molar-refractivity contribution is 9.10. The maximum absolute atomic E-state index is 12.6. The van der Waals surface area contributed by atoms with Crippen molar-refractivity contribution in [3.63, 3.8) is 0 Å². The van der Waals surface area contributed by atoms with E-state index in [-0.39, 0.29) is 12.5 Å². The lowest BCUT2D eigenvalue weighted by atomic mass is 10.1. The molecule has 4 nitrogen and oxygen atoms in total. The van der Waals surface area contributed by atoms with Crippen molar-refractivity contribution in [2.24, 2.45) is 0 Å². The van der Waals surface area contributed by atoms with Crippen LogP contribution in [0.25, 0.3) is 10.9 Å². The monoisotopic (exact) mass is 385 g/mol. The van der Waals surface area contributed by atoms with Crippen molar-refractivity contribution in [1.82, 2.24) is 4.57 Å². The summed E-state index contributed by atoms with van der Waals surface area (Å²) < 4.78 is 8.01. The molecule has 24 heavy (non-hydrogen) atoms. The smallest absolute Gasteiger partial charge is 0.269 e. The molecule has 0 amide bonds. The van der Waals surface area contributed by atoms with E-state index in [1.54, 1.807) is 6.20 Å². The number of carbonyl (C=O) groups excluding carboxylic acids is 2. The summed E-state index contributed by atoms with van der Waals surface area (Å²) >= 11 is 3.47. The van der Waals surface area contributed by atoms with Crippen LogP contribution in [0, 0.1) is 13.8 Å². The number of nitrogens with zero attached hydrogens (tertiary/aromatic N) is 1. The first-order valence-electron chi connectivity index (χ1n) is 7.49. The van der Waals surface area contributed by atoms with Crippen molar-refractivity contribution in [3.8, 4) is 5.75 Å². The summed E-state index contributed by atoms with van der Waals surface area (Å²) in [4.78, 5) is 23.8. The maximum atomic E-state index is 12.6. The van der Waals surface area contributed by atoms with Crippen LogP contribution in [0.2, 0.25) is 0 Å². The molecule has 0 spiro atoms. The standard InChI is InChI=1S/C19H16BrNO3/c1-12-7-13(2)19(16(20)8-12)24-11-18(23)21-9-14(10-22)15-5-3-4-6-17(15)21/h3-10H,11H2,1-2H3. The summed E-state index contributed by atoms with van der Waals surface area (Å²) in [7, 11) is 0. The molecule has 0 N–H and O–H groups in total. The topological polar surface area (TPSA) is 48.3 Å². The van der Waals surface area contributed by atoms with Crippen molar-refractivity contribution >= 4 is 39.0 Å². The zero-order valence-electron chi connectivity index (χ0n) is 13.4. The van der Waals surface area contributed by atoms with E-state index in [1.165, 1.54) is 4.57 Å². The Kier molecular flexibility index (Phi) is 4.53. The summed E-state index contributed by atoms with van der Waals surface area (Å²) in [5.74, 6) is 0.423. The number of carbonyl (C=O) groups is 2. The number of aryl methyl sites for hydroxylation is 2. The Morgan fingerprint density at radius 2 is 2.00 bits per heavy atom. The lowest BCUT2D eigenvalue weighted by Crippen LogP contribution is -2.19. The number of para-hydroxylation sites is 1. The van der Waals surface area contributed by atoms with Gasteiger partial charge in [-0.15, -0.1) is 0 Å². The molecule has 0 saturated heterocycles. The van der Waals surface area contributed by atoms with Crippen LogP contribution in [0.3, 0.4) is 0 Å². The van der Waals surface area contributed by atoms with E-state index in [4.69, 9.17) is 4.74 Å². The van der Waals surface area contributed by atoms with Gasteiger partial charge in [-0.05, 0) is 53.0 Å². The van der Waals surface area contributed by atoms with Gasteiger partial charge in [-0.3, -0.25) is 14.2 Å². The van der Waals surface area contributed by atoms with Crippen molar-refractivity contribution in [3.05, 3.63) is 63.8 Å². The van der Waals surface area contributed by atoms with Crippen LogP contribution < -0.4 is 4.74 Å². The van der Waals surface area contributed by atoms with Gasteiger partial charge in [0.2, 0.25) is 0 Å². The van der Waals surface area contributed by atoms with E-state index >= 15 is 0 Å². The number of hydrogen-bond donors (Lipinski definition) is 0. The molecule has 3 rings (SSSR count). The minimum Gasteiger partial charge on any atom is -0.482 e. The Hall–Kier alpha value is -2.40. The first-order valence-corrected chi connectivity index (χ1v) is 8.28. The van der Waals surface area contributed by atoms with Crippen LogP contribution in [-0.4, -0.2) is 23.4 Å². The third kappa shape index (κ3) is 2.99. The summed E-state index contributed by atoms with van der Waals surface area (Å²) in [5.41, 5.74) is 3.27. The number of aromatic nitrogens is 1. The number of fused-ring (bicyclic) bond motifs is 1. The van der Waals surface area contributed by atoms with Crippen LogP contribution in [0.1, 0.15) is 26.3 Å². The fraction of sp³-hybridized carbons (Fsp3) is 0.158. The Morgan fingerprint density at radius 1 is 1.25 bits per heavy atom. The second-order valence-electron chi connectivity index (χ2n) is 5.66. The fourth-order valence-electron chi connectivity index (χ4n) is 2.79. The van der Waals surface area contributed by atoms with Gasteiger partial charge in [0.15, 0.2) is 12.9 Å². The first kappa shape index (κ1) is 16.5. The molecule has 2 aromatic carbocycles. The normalized spacial score (nSPS) is 10.8. The van der Waals surface area contributed by atoms with Crippen LogP contribution in [-0.2, 0) is 0 Å². The number of rotatable bonds is 4. The first-order chi connectivity index (χ1) is 11.5. The highest BCUT2D eigenvalue weighted by Crippen LogP contribution is 2.30. The van der Waals surface area contributed by atoms with Crippen molar-refractivity contribution in [2.75, 3.05) is 6.61 Å². The Bertz CT molecular complexity index is 920. The van der Waals surface area contributed by atoms with Crippen LogP contribution in [0.4, 0.5) is 0 Å². The molecule has 0 atom stereocenters. The number of ether oxygens (including phenoxy) is 1. The zero-order valence-corrected chi connectivity index (χ0v) is 15.0. The molecule has 0 aliphatic carbocycles. The third-order valence-electron chi connectivity index (χ3n) is 3.85. The number of aldehydes is 1.